The number of methoxy groups -OCH3 is 2. The van der Waals surface area contributed by atoms with Crippen LogP contribution in [-0.2, 0) is 9.59 Å². The average Bonchev–Trinajstić information content (AvgIpc) is 3.22. The molecule has 2 unspecified atom stereocenters. The largest absolute Gasteiger partial charge is 0.493 e. The van der Waals surface area contributed by atoms with Crippen molar-refractivity contribution in [3.05, 3.63) is 64.9 Å². The second-order valence-electron chi connectivity index (χ2n) is 7.75. The summed E-state index contributed by atoms with van der Waals surface area (Å²) in [5.74, 6) is 0.818. The molecule has 2 aliphatic rings. The Balaban J connectivity index is 1.41. The maximum Gasteiger partial charge on any atom is 0.251 e. The Morgan fingerprint density at radius 1 is 1.16 bits per heavy atom. The molecule has 0 saturated carbocycles. The van der Waals surface area contributed by atoms with E-state index in [1.54, 1.807) is 43.8 Å². The van der Waals surface area contributed by atoms with Crippen LogP contribution in [0.1, 0.15) is 23.6 Å². The number of rotatable bonds is 6. The molecular weight excluding hydrogens is 432 g/mol. The van der Waals surface area contributed by atoms with Gasteiger partial charge in [-0.3, -0.25) is 9.59 Å². The van der Waals surface area contributed by atoms with E-state index in [4.69, 9.17) is 21.1 Å². The highest BCUT2D eigenvalue weighted by Gasteiger charge is 2.40. The molecule has 2 amide bonds. The molecule has 2 aliphatic heterocycles. The SMILES string of the molecule is COc1ccc(C2CC3C(=O)N(CC(=O)Nc4ccc(C)cc4Cl)C=CN3N2)cc1OC. The molecule has 2 aromatic rings. The Kier molecular flexibility index (Phi) is 6.25. The Morgan fingerprint density at radius 2 is 1.94 bits per heavy atom. The quantitative estimate of drug-likeness (QED) is 0.694. The van der Waals surface area contributed by atoms with E-state index in [0.29, 0.717) is 28.6 Å². The standard InChI is InChI=1S/C23H25ClN4O4/c1-14-4-6-17(16(24)10-14)25-22(29)13-27-8-9-28-19(23(27)30)12-18(26-28)15-5-7-20(31-2)21(11-15)32-3/h4-11,18-19,26H,12-13H2,1-3H3,(H,25,29). The number of ether oxygens (including phenoxy) is 2. The van der Waals surface area contributed by atoms with Crippen LogP contribution in [0.4, 0.5) is 5.69 Å². The minimum Gasteiger partial charge on any atom is -0.493 e. The van der Waals surface area contributed by atoms with E-state index >= 15 is 0 Å². The molecule has 32 heavy (non-hydrogen) atoms. The van der Waals surface area contributed by atoms with Gasteiger partial charge in [0.25, 0.3) is 5.91 Å². The minimum absolute atomic E-state index is 0.0754. The summed E-state index contributed by atoms with van der Waals surface area (Å²) in [6.45, 7) is 1.83. The molecule has 168 valence electrons. The first kappa shape index (κ1) is 22.0. The van der Waals surface area contributed by atoms with Crippen molar-refractivity contribution in [2.24, 2.45) is 0 Å². The lowest BCUT2D eigenvalue weighted by Crippen LogP contribution is -2.49. The van der Waals surface area contributed by atoms with Gasteiger partial charge in [0.05, 0.1) is 31.0 Å². The number of nitrogens with zero attached hydrogens (tertiary/aromatic N) is 2. The van der Waals surface area contributed by atoms with Gasteiger partial charge in [-0.2, -0.15) is 0 Å². The molecule has 2 atom stereocenters. The van der Waals surface area contributed by atoms with E-state index in [2.05, 4.69) is 10.7 Å². The van der Waals surface area contributed by atoms with Crippen molar-refractivity contribution in [3.63, 3.8) is 0 Å². The molecule has 2 aromatic carbocycles. The van der Waals surface area contributed by atoms with Gasteiger partial charge in [-0.1, -0.05) is 23.7 Å². The number of carbonyl (C=O) groups excluding carboxylic acids is 2. The third-order valence-corrected chi connectivity index (χ3v) is 5.91. The lowest BCUT2D eigenvalue weighted by atomic mass is 10.0. The van der Waals surface area contributed by atoms with Gasteiger partial charge >= 0.3 is 0 Å². The molecule has 1 fully saturated rings. The van der Waals surface area contributed by atoms with Crippen molar-refractivity contribution in [3.8, 4) is 11.5 Å². The lowest BCUT2D eigenvalue weighted by Gasteiger charge is -2.31. The second-order valence-corrected chi connectivity index (χ2v) is 8.16. The molecular formula is C23H25ClN4O4. The first-order valence-corrected chi connectivity index (χ1v) is 10.6. The zero-order valence-corrected chi connectivity index (χ0v) is 18.8. The smallest absolute Gasteiger partial charge is 0.251 e. The molecule has 0 aromatic heterocycles. The summed E-state index contributed by atoms with van der Waals surface area (Å²) in [5.41, 5.74) is 5.84. The van der Waals surface area contributed by atoms with Gasteiger partial charge in [0, 0.05) is 12.4 Å². The van der Waals surface area contributed by atoms with Crippen molar-refractivity contribution < 1.29 is 19.1 Å². The normalized spacial score (nSPS) is 19.7. The fourth-order valence-electron chi connectivity index (χ4n) is 3.92. The monoisotopic (exact) mass is 456 g/mol. The van der Waals surface area contributed by atoms with Crippen molar-refractivity contribution in [1.29, 1.82) is 0 Å². The van der Waals surface area contributed by atoms with Crippen LogP contribution in [0.3, 0.4) is 0 Å². The number of carbonyl (C=O) groups is 2. The van der Waals surface area contributed by atoms with Crippen LogP contribution < -0.4 is 20.2 Å². The molecule has 0 aliphatic carbocycles. The summed E-state index contributed by atoms with van der Waals surface area (Å²) in [5, 5.41) is 5.02. The molecule has 4 rings (SSSR count). The summed E-state index contributed by atoms with van der Waals surface area (Å²) in [4.78, 5) is 27.0. The highest BCUT2D eigenvalue weighted by atomic mass is 35.5. The highest BCUT2D eigenvalue weighted by molar-refractivity contribution is 6.33. The zero-order valence-electron chi connectivity index (χ0n) is 18.1. The van der Waals surface area contributed by atoms with Gasteiger partial charge in [0.2, 0.25) is 5.91 Å². The fraction of sp³-hybridized carbons (Fsp3) is 0.304. The first-order chi connectivity index (χ1) is 15.4. The maximum atomic E-state index is 13.0. The van der Waals surface area contributed by atoms with Crippen LogP contribution in [-0.4, -0.2) is 48.5 Å². The number of amides is 2. The number of hydrogen-bond acceptors (Lipinski definition) is 6. The number of hydrazine groups is 1. The van der Waals surface area contributed by atoms with Crippen molar-refractivity contribution in [2.45, 2.75) is 25.4 Å². The number of anilines is 1. The summed E-state index contributed by atoms with van der Waals surface area (Å²) in [6.07, 6.45) is 3.94. The summed E-state index contributed by atoms with van der Waals surface area (Å²) >= 11 is 6.19. The lowest BCUT2D eigenvalue weighted by molar-refractivity contribution is -0.137. The van der Waals surface area contributed by atoms with Gasteiger partial charge < -0.3 is 24.7 Å². The maximum absolute atomic E-state index is 13.0. The molecule has 8 nitrogen and oxygen atoms in total. The minimum atomic E-state index is -0.408. The third-order valence-electron chi connectivity index (χ3n) is 5.60. The zero-order chi connectivity index (χ0) is 22.8. The molecule has 0 radical (unpaired) electrons. The Morgan fingerprint density at radius 3 is 2.66 bits per heavy atom. The predicted molar refractivity (Wildman–Crippen MR) is 121 cm³/mol. The average molecular weight is 457 g/mol. The van der Waals surface area contributed by atoms with Gasteiger partial charge in [-0.05, 0) is 48.7 Å². The molecule has 9 heteroatoms. The van der Waals surface area contributed by atoms with E-state index in [1.165, 1.54) is 4.90 Å². The van der Waals surface area contributed by atoms with Crippen LogP contribution >= 0.6 is 11.6 Å². The van der Waals surface area contributed by atoms with Gasteiger partial charge in [-0.25, -0.2) is 5.43 Å². The van der Waals surface area contributed by atoms with E-state index in [1.807, 2.05) is 31.2 Å². The first-order valence-electron chi connectivity index (χ1n) is 10.2. The van der Waals surface area contributed by atoms with Crippen LogP contribution in [0.2, 0.25) is 5.02 Å². The van der Waals surface area contributed by atoms with Crippen LogP contribution in [0.25, 0.3) is 0 Å². The summed E-state index contributed by atoms with van der Waals surface area (Å²) in [6, 6.07) is 10.6. The van der Waals surface area contributed by atoms with Crippen LogP contribution in [0.5, 0.6) is 11.5 Å². The number of halogens is 1. The highest BCUT2D eigenvalue weighted by Crippen LogP contribution is 2.35. The Labute approximate surface area is 191 Å². The van der Waals surface area contributed by atoms with Crippen molar-refractivity contribution in [2.75, 3.05) is 26.1 Å². The molecule has 2 heterocycles. The van der Waals surface area contributed by atoms with E-state index < -0.39 is 6.04 Å². The Bertz CT molecular complexity index is 1070. The van der Waals surface area contributed by atoms with Gasteiger partial charge in [-0.15, -0.1) is 0 Å². The van der Waals surface area contributed by atoms with E-state index in [0.717, 1.165) is 11.1 Å². The Hall–Kier alpha value is -3.23. The molecule has 2 N–H and O–H groups in total. The molecule has 1 saturated heterocycles. The molecule has 0 spiro atoms. The number of hydrogen-bond donors (Lipinski definition) is 2. The van der Waals surface area contributed by atoms with Crippen molar-refractivity contribution in [1.82, 2.24) is 15.3 Å². The predicted octanol–water partition coefficient (Wildman–Crippen LogP) is 3.24. The second kappa shape index (κ2) is 9.10. The summed E-state index contributed by atoms with van der Waals surface area (Å²) in [7, 11) is 3.18. The number of fused-ring (bicyclic) bond motifs is 1. The third kappa shape index (κ3) is 4.37. The van der Waals surface area contributed by atoms with E-state index in [9.17, 15) is 9.59 Å². The van der Waals surface area contributed by atoms with Gasteiger partial charge in [0.1, 0.15) is 12.6 Å². The molecule has 0 bridgehead atoms. The number of aryl methyl sites for hydroxylation is 1. The van der Waals surface area contributed by atoms with E-state index in [-0.39, 0.29) is 24.4 Å². The van der Waals surface area contributed by atoms with Crippen molar-refractivity contribution >= 4 is 29.1 Å². The fourth-order valence-corrected chi connectivity index (χ4v) is 4.20. The van der Waals surface area contributed by atoms with Gasteiger partial charge in [0.15, 0.2) is 11.5 Å². The summed E-state index contributed by atoms with van der Waals surface area (Å²) < 4.78 is 10.7. The number of benzene rings is 2. The number of nitrogens with one attached hydrogen (secondary N) is 2. The van der Waals surface area contributed by atoms with Crippen LogP contribution in [0, 0.1) is 6.92 Å². The van der Waals surface area contributed by atoms with Crippen LogP contribution in [0.15, 0.2) is 48.8 Å². The topological polar surface area (TPSA) is 83.1 Å².